The standard InChI is InChI=1S/C28H27F5N2O4/c29-22-9-15(27(37)38)10-23(30)25(22)35-16-7-8-17(35)12-18(11-16)39-13-20(26(36)14-5-6-14)24(34)19-3-1-2-4-21(19)28(31,32)33/h1-4,9-10,14,16-18H,5-8,11-13,34H2,(H,37,38)/t16-,17?,18?/m0/s1. The molecule has 3 N–H and O–H groups in total. The number of nitrogens with zero attached hydrogens (tertiary/aromatic N) is 1. The molecule has 2 aliphatic heterocycles. The molecule has 2 heterocycles. The highest BCUT2D eigenvalue weighted by Crippen LogP contribution is 2.43. The van der Waals surface area contributed by atoms with Crippen LogP contribution in [-0.2, 0) is 15.7 Å². The molecule has 0 spiro atoms. The Balaban J connectivity index is 1.36. The summed E-state index contributed by atoms with van der Waals surface area (Å²) >= 11 is 0. The highest BCUT2D eigenvalue weighted by Gasteiger charge is 2.44. The predicted octanol–water partition coefficient (Wildman–Crippen LogP) is 5.55. The van der Waals surface area contributed by atoms with Crippen molar-refractivity contribution in [3.8, 4) is 0 Å². The number of rotatable bonds is 8. The summed E-state index contributed by atoms with van der Waals surface area (Å²) in [6, 6.07) is 5.84. The van der Waals surface area contributed by atoms with E-state index in [0.29, 0.717) is 38.5 Å². The van der Waals surface area contributed by atoms with Crippen LogP contribution < -0.4 is 10.6 Å². The average Bonchev–Trinajstić information content (AvgIpc) is 3.69. The molecular weight excluding hydrogens is 523 g/mol. The van der Waals surface area contributed by atoms with Crippen LogP contribution >= 0.6 is 0 Å². The van der Waals surface area contributed by atoms with Crippen molar-refractivity contribution in [3.05, 3.63) is 70.3 Å². The Labute approximate surface area is 221 Å². The number of piperidine rings is 1. The number of aromatic carboxylic acids is 1. The third kappa shape index (κ3) is 5.36. The Hall–Kier alpha value is -3.47. The number of anilines is 1. The predicted molar refractivity (Wildman–Crippen MR) is 132 cm³/mol. The molecule has 5 rings (SSSR count). The van der Waals surface area contributed by atoms with Crippen LogP contribution in [0.25, 0.3) is 5.70 Å². The van der Waals surface area contributed by atoms with E-state index >= 15 is 0 Å². The molecule has 1 aliphatic carbocycles. The number of hydrogen-bond donors (Lipinski definition) is 2. The Morgan fingerprint density at radius 1 is 1.00 bits per heavy atom. The zero-order chi connectivity index (χ0) is 28.1. The van der Waals surface area contributed by atoms with Crippen molar-refractivity contribution in [3.63, 3.8) is 0 Å². The molecule has 39 heavy (non-hydrogen) atoms. The quantitative estimate of drug-likeness (QED) is 0.331. The number of Topliss-reactive ketones (excluding diaryl/α,β-unsaturated/α-hetero) is 1. The summed E-state index contributed by atoms with van der Waals surface area (Å²) in [5.41, 5.74) is 3.97. The van der Waals surface area contributed by atoms with Gasteiger partial charge in [0, 0.05) is 34.8 Å². The number of ketones is 1. The van der Waals surface area contributed by atoms with Gasteiger partial charge in [-0.25, -0.2) is 13.6 Å². The van der Waals surface area contributed by atoms with Gasteiger partial charge in [-0.05, 0) is 56.7 Å². The third-order valence-corrected chi connectivity index (χ3v) is 7.77. The van der Waals surface area contributed by atoms with Crippen molar-refractivity contribution in [1.29, 1.82) is 0 Å². The van der Waals surface area contributed by atoms with Crippen molar-refractivity contribution < 1.29 is 41.4 Å². The van der Waals surface area contributed by atoms with E-state index in [1.807, 2.05) is 0 Å². The molecule has 2 unspecified atom stereocenters. The summed E-state index contributed by atoms with van der Waals surface area (Å²) < 4.78 is 76.5. The fraction of sp³-hybridized carbons (Fsp3) is 0.429. The number of carbonyl (C=O) groups excluding carboxylic acids is 1. The van der Waals surface area contributed by atoms with Crippen LogP contribution in [0.4, 0.5) is 27.6 Å². The minimum atomic E-state index is -4.66. The molecule has 0 radical (unpaired) electrons. The van der Waals surface area contributed by atoms with Gasteiger partial charge in [0.05, 0.1) is 23.8 Å². The Morgan fingerprint density at radius 2 is 1.59 bits per heavy atom. The maximum atomic E-state index is 14.8. The first kappa shape index (κ1) is 27.1. The number of carboxylic acid groups (broad SMARTS) is 1. The molecule has 2 saturated heterocycles. The molecule has 0 aromatic heterocycles. The largest absolute Gasteiger partial charge is 0.478 e. The zero-order valence-electron chi connectivity index (χ0n) is 20.8. The zero-order valence-corrected chi connectivity index (χ0v) is 20.8. The maximum absolute atomic E-state index is 14.8. The molecule has 3 aliphatic rings. The second-order valence-electron chi connectivity index (χ2n) is 10.4. The molecule has 3 fully saturated rings. The Morgan fingerprint density at radius 3 is 2.13 bits per heavy atom. The van der Waals surface area contributed by atoms with E-state index in [2.05, 4.69) is 0 Å². The lowest BCUT2D eigenvalue weighted by Crippen LogP contribution is -2.46. The van der Waals surface area contributed by atoms with Gasteiger partial charge in [0.1, 0.15) is 17.3 Å². The third-order valence-electron chi connectivity index (χ3n) is 7.77. The fourth-order valence-electron chi connectivity index (χ4n) is 5.77. The molecule has 1 saturated carbocycles. The van der Waals surface area contributed by atoms with E-state index in [4.69, 9.17) is 15.6 Å². The second-order valence-corrected chi connectivity index (χ2v) is 10.4. The SMILES string of the molecule is NC(=C(COC1CC2CC[C@@H](C1)N2c1c(F)cc(C(=O)O)cc1F)C(=O)C1CC1)c1ccccc1C(F)(F)F. The van der Waals surface area contributed by atoms with Gasteiger partial charge in [-0.1, -0.05) is 18.2 Å². The van der Waals surface area contributed by atoms with Gasteiger partial charge in [0.25, 0.3) is 0 Å². The van der Waals surface area contributed by atoms with Gasteiger partial charge in [-0.2, -0.15) is 13.2 Å². The number of carboxylic acids is 1. The number of hydrogen-bond acceptors (Lipinski definition) is 5. The lowest BCUT2D eigenvalue weighted by Gasteiger charge is -2.40. The van der Waals surface area contributed by atoms with Crippen LogP contribution in [-0.4, -0.2) is 41.7 Å². The van der Waals surface area contributed by atoms with Gasteiger partial charge < -0.3 is 20.5 Å². The van der Waals surface area contributed by atoms with E-state index in [9.17, 15) is 31.5 Å². The van der Waals surface area contributed by atoms with E-state index < -0.39 is 41.0 Å². The summed E-state index contributed by atoms with van der Waals surface area (Å²) in [4.78, 5) is 25.8. The van der Waals surface area contributed by atoms with Gasteiger partial charge in [0.15, 0.2) is 5.78 Å². The number of halogens is 5. The van der Waals surface area contributed by atoms with Crippen LogP contribution in [0, 0.1) is 17.6 Å². The lowest BCUT2D eigenvalue weighted by molar-refractivity contribution is -0.137. The first-order chi connectivity index (χ1) is 18.5. The summed E-state index contributed by atoms with van der Waals surface area (Å²) in [6.07, 6.45) is -1.78. The Bertz CT molecular complexity index is 1300. The molecule has 2 aromatic rings. The van der Waals surface area contributed by atoms with Crippen LogP contribution in [0.5, 0.6) is 0 Å². The molecule has 2 bridgehead atoms. The van der Waals surface area contributed by atoms with Gasteiger partial charge >= 0.3 is 12.1 Å². The van der Waals surface area contributed by atoms with Crippen LogP contribution in [0.3, 0.4) is 0 Å². The second kappa shape index (κ2) is 10.3. The van der Waals surface area contributed by atoms with Crippen molar-refractivity contribution in [2.75, 3.05) is 11.5 Å². The smallest absolute Gasteiger partial charge is 0.417 e. The summed E-state index contributed by atoms with van der Waals surface area (Å²) in [5.74, 6) is -3.97. The monoisotopic (exact) mass is 550 g/mol. The molecule has 208 valence electrons. The van der Waals surface area contributed by atoms with Crippen LogP contribution in [0.15, 0.2) is 42.0 Å². The first-order valence-electron chi connectivity index (χ1n) is 12.8. The van der Waals surface area contributed by atoms with E-state index in [0.717, 1.165) is 18.2 Å². The summed E-state index contributed by atoms with van der Waals surface area (Å²) in [6.45, 7) is -0.270. The van der Waals surface area contributed by atoms with Crippen molar-refractivity contribution >= 4 is 23.1 Å². The average molecular weight is 551 g/mol. The van der Waals surface area contributed by atoms with Crippen molar-refractivity contribution in [1.82, 2.24) is 0 Å². The summed E-state index contributed by atoms with van der Waals surface area (Å²) in [5, 5.41) is 9.08. The normalized spacial score (nSPS) is 23.5. The first-order valence-corrected chi connectivity index (χ1v) is 12.8. The number of nitrogens with two attached hydrogens (primary N) is 1. The molecule has 3 atom stereocenters. The minimum absolute atomic E-state index is 0.00493. The van der Waals surface area contributed by atoms with Crippen LogP contribution in [0.2, 0.25) is 0 Å². The number of carbonyl (C=O) groups is 2. The Kier molecular flexibility index (Phi) is 7.13. The highest BCUT2D eigenvalue weighted by atomic mass is 19.4. The highest BCUT2D eigenvalue weighted by molar-refractivity contribution is 6.05. The molecular formula is C28H27F5N2O4. The summed E-state index contributed by atoms with van der Waals surface area (Å²) in [7, 11) is 0. The number of alkyl halides is 3. The van der Waals surface area contributed by atoms with E-state index in [-0.39, 0.29) is 52.9 Å². The van der Waals surface area contributed by atoms with Crippen molar-refractivity contribution in [2.24, 2.45) is 11.7 Å². The fourth-order valence-corrected chi connectivity index (χ4v) is 5.77. The molecule has 11 heteroatoms. The number of ether oxygens (including phenoxy) is 1. The van der Waals surface area contributed by atoms with Gasteiger partial charge in [-0.3, -0.25) is 4.79 Å². The number of fused-ring (bicyclic) bond motifs is 2. The lowest BCUT2D eigenvalue weighted by atomic mass is 9.96. The molecule has 6 nitrogen and oxygen atoms in total. The molecule has 2 aromatic carbocycles. The van der Waals surface area contributed by atoms with Gasteiger partial charge in [0.2, 0.25) is 0 Å². The number of benzene rings is 2. The van der Waals surface area contributed by atoms with Gasteiger partial charge in [-0.15, -0.1) is 0 Å². The molecule has 0 amide bonds. The topological polar surface area (TPSA) is 92.9 Å². The van der Waals surface area contributed by atoms with E-state index in [1.54, 1.807) is 4.90 Å². The maximum Gasteiger partial charge on any atom is 0.417 e. The van der Waals surface area contributed by atoms with Crippen LogP contribution in [0.1, 0.15) is 60.0 Å². The minimum Gasteiger partial charge on any atom is -0.478 e. The van der Waals surface area contributed by atoms with Crippen molar-refractivity contribution in [2.45, 2.75) is 62.9 Å². The van der Waals surface area contributed by atoms with E-state index in [1.165, 1.54) is 18.2 Å².